The third-order valence-electron chi connectivity index (χ3n) is 5.51. The molecule has 206 valence electrons. The predicted molar refractivity (Wildman–Crippen MR) is 138 cm³/mol. The van der Waals surface area contributed by atoms with Gasteiger partial charge >= 0.3 is 11.9 Å². The first-order chi connectivity index (χ1) is 17.8. The Morgan fingerprint density at radius 3 is 2.34 bits per heavy atom. The highest BCUT2D eigenvalue weighted by Gasteiger charge is 2.28. The molecule has 38 heavy (non-hydrogen) atoms. The van der Waals surface area contributed by atoms with Gasteiger partial charge < -0.3 is 34.3 Å². The molecule has 2 aromatic heterocycles. The minimum atomic E-state index is -1.41. The zero-order valence-corrected chi connectivity index (χ0v) is 22.3. The second kappa shape index (κ2) is 11.8. The lowest BCUT2D eigenvalue weighted by Gasteiger charge is -2.21. The summed E-state index contributed by atoms with van der Waals surface area (Å²) in [4.78, 5) is 46.1. The highest BCUT2D eigenvalue weighted by molar-refractivity contribution is 6.10. The second-order valence-corrected chi connectivity index (χ2v) is 9.56. The molecule has 12 nitrogen and oxygen atoms in total. The Morgan fingerprint density at radius 2 is 1.71 bits per heavy atom. The number of aromatic nitrogens is 3. The minimum absolute atomic E-state index is 0.146. The molecule has 1 amide bonds. The Hall–Kier alpha value is -3.61. The first kappa shape index (κ1) is 29.0. The zero-order chi connectivity index (χ0) is 28.2. The summed E-state index contributed by atoms with van der Waals surface area (Å²) in [6, 6.07) is 7.34. The average molecular weight is 531 g/mol. The van der Waals surface area contributed by atoms with E-state index in [0.29, 0.717) is 29.0 Å². The molecule has 0 aliphatic rings. The van der Waals surface area contributed by atoms with Crippen molar-refractivity contribution in [1.29, 1.82) is 0 Å². The smallest absolute Gasteiger partial charge is 0.347 e. The van der Waals surface area contributed by atoms with Crippen LogP contribution in [0.25, 0.3) is 21.9 Å². The van der Waals surface area contributed by atoms with Gasteiger partial charge in [0.1, 0.15) is 24.1 Å². The van der Waals surface area contributed by atoms with Crippen LogP contribution >= 0.6 is 0 Å². The van der Waals surface area contributed by atoms with E-state index in [9.17, 15) is 24.6 Å². The van der Waals surface area contributed by atoms with E-state index in [1.807, 2.05) is 29.7 Å². The van der Waals surface area contributed by atoms with Gasteiger partial charge in [0.25, 0.3) is 5.91 Å². The molecule has 0 aliphatic heterocycles. The Labute approximate surface area is 219 Å². The first-order valence-corrected chi connectivity index (χ1v) is 12.3. The first-order valence-electron chi connectivity index (χ1n) is 12.3. The van der Waals surface area contributed by atoms with Crippen LogP contribution in [0.15, 0.2) is 24.3 Å². The summed E-state index contributed by atoms with van der Waals surface area (Å²) in [5, 5.41) is 23.3. The van der Waals surface area contributed by atoms with Gasteiger partial charge in [-0.1, -0.05) is 18.2 Å². The summed E-state index contributed by atoms with van der Waals surface area (Å²) in [6.07, 6.45) is -3.99. The van der Waals surface area contributed by atoms with E-state index in [4.69, 9.17) is 19.2 Å². The molecule has 3 atom stereocenters. The molecule has 0 spiro atoms. The van der Waals surface area contributed by atoms with Crippen molar-refractivity contribution in [1.82, 2.24) is 14.5 Å². The molecule has 0 aliphatic carbocycles. The number of carbonyl (C=O) groups excluding carboxylic acids is 3. The highest BCUT2D eigenvalue weighted by Crippen LogP contribution is 2.31. The number of esters is 2. The zero-order valence-electron chi connectivity index (χ0n) is 22.3. The van der Waals surface area contributed by atoms with E-state index in [0.717, 1.165) is 5.39 Å². The number of carbonyl (C=O) groups is 3. The minimum Gasteiger partial charge on any atom is -0.450 e. The number of ether oxygens (including phenoxy) is 3. The number of pyridine rings is 1. The summed E-state index contributed by atoms with van der Waals surface area (Å²) in [6.45, 7) is 9.93. The van der Waals surface area contributed by atoms with E-state index in [2.05, 4.69) is 10.3 Å². The highest BCUT2D eigenvalue weighted by atomic mass is 16.6. The van der Waals surface area contributed by atoms with Gasteiger partial charge in [0.2, 0.25) is 0 Å². The number of hydrogen-bond donors (Lipinski definition) is 3. The fraction of sp³-hybridized carbons (Fsp3) is 0.500. The van der Waals surface area contributed by atoms with E-state index in [1.165, 1.54) is 20.8 Å². The average Bonchev–Trinajstić information content (AvgIpc) is 3.19. The maximum Gasteiger partial charge on any atom is 0.347 e. The van der Waals surface area contributed by atoms with Crippen molar-refractivity contribution in [2.75, 3.05) is 11.9 Å². The van der Waals surface area contributed by atoms with Crippen LogP contribution in [0.1, 0.15) is 47.4 Å². The topological polar surface area (TPSA) is 162 Å². The molecule has 3 aromatic rings. The van der Waals surface area contributed by atoms with Crippen LogP contribution in [0.4, 0.5) is 5.82 Å². The van der Waals surface area contributed by atoms with Crippen molar-refractivity contribution < 1.29 is 38.8 Å². The largest absolute Gasteiger partial charge is 0.450 e. The molecule has 3 unspecified atom stereocenters. The number of benzene rings is 1. The molecule has 2 heterocycles. The van der Waals surface area contributed by atoms with E-state index < -0.39 is 41.8 Å². The summed E-state index contributed by atoms with van der Waals surface area (Å²) in [7, 11) is 0. The normalized spacial score (nSPS) is 14.2. The third kappa shape index (κ3) is 6.82. The quantitative estimate of drug-likeness (QED) is 0.313. The second-order valence-electron chi connectivity index (χ2n) is 9.56. The Kier molecular flexibility index (Phi) is 9.02. The lowest BCUT2D eigenvalue weighted by atomic mass is 10.1. The summed E-state index contributed by atoms with van der Waals surface area (Å²) < 4.78 is 17.4. The Bertz CT molecular complexity index is 1330. The molecule has 3 rings (SSSR count). The van der Waals surface area contributed by atoms with Crippen LogP contribution in [0, 0.1) is 0 Å². The van der Waals surface area contributed by atoms with Gasteiger partial charge in [-0.2, -0.15) is 0 Å². The molecular weight excluding hydrogens is 496 g/mol. The number of hydrogen-bond acceptors (Lipinski definition) is 10. The monoisotopic (exact) mass is 530 g/mol. The van der Waals surface area contributed by atoms with Gasteiger partial charge in [-0.3, -0.25) is 4.79 Å². The molecule has 0 radical (unpaired) electrons. The SMILES string of the molecule is CCOCc1nc2c(NC(=O)C(C)OC(=O)C(C)OC(=O)C(C)O)nc3ccccc3c2n1CC(C)(C)O. The molecule has 0 fully saturated rings. The number of imidazole rings is 1. The van der Waals surface area contributed by atoms with Crippen LogP contribution in [0.5, 0.6) is 0 Å². The number of rotatable bonds is 11. The number of amides is 1. The summed E-state index contributed by atoms with van der Waals surface area (Å²) >= 11 is 0. The van der Waals surface area contributed by atoms with E-state index in [-0.39, 0.29) is 19.0 Å². The molecule has 0 bridgehead atoms. The molecular formula is C26H34N4O8. The van der Waals surface area contributed by atoms with Gasteiger partial charge in [-0.25, -0.2) is 19.6 Å². The molecule has 0 saturated carbocycles. The van der Waals surface area contributed by atoms with Crippen molar-refractivity contribution >= 4 is 45.6 Å². The number of nitrogens with zero attached hydrogens (tertiary/aromatic N) is 3. The number of fused-ring (bicyclic) bond motifs is 3. The lowest BCUT2D eigenvalue weighted by molar-refractivity contribution is -0.174. The number of nitrogens with one attached hydrogen (secondary N) is 1. The van der Waals surface area contributed by atoms with Crippen LogP contribution < -0.4 is 5.32 Å². The number of para-hydroxylation sites is 1. The third-order valence-corrected chi connectivity index (χ3v) is 5.51. The van der Waals surface area contributed by atoms with Crippen LogP contribution in [0.3, 0.4) is 0 Å². The van der Waals surface area contributed by atoms with Gasteiger partial charge in [0, 0.05) is 12.0 Å². The Morgan fingerprint density at radius 1 is 1.05 bits per heavy atom. The lowest BCUT2D eigenvalue weighted by Crippen LogP contribution is -2.36. The number of aliphatic hydroxyl groups is 2. The van der Waals surface area contributed by atoms with E-state index in [1.54, 1.807) is 19.9 Å². The molecule has 0 saturated heterocycles. The maximum atomic E-state index is 13.0. The maximum absolute atomic E-state index is 13.0. The standard InChI is InChI=1S/C26H34N4O8/c1-7-36-12-19-28-20-21(30(19)13-26(5,6)35)17-10-8-9-11-18(17)27-22(20)29-23(32)15(3)37-25(34)16(4)38-24(33)14(2)31/h8-11,14-16,31,35H,7,12-13H2,1-6H3,(H,27,29,32). The van der Waals surface area contributed by atoms with Crippen LogP contribution in [-0.4, -0.2) is 73.1 Å². The van der Waals surface area contributed by atoms with Crippen molar-refractivity contribution in [3.8, 4) is 0 Å². The fourth-order valence-corrected chi connectivity index (χ4v) is 3.69. The number of aliphatic hydroxyl groups excluding tert-OH is 1. The van der Waals surface area contributed by atoms with Crippen LogP contribution in [0.2, 0.25) is 0 Å². The van der Waals surface area contributed by atoms with Gasteiger partial charge in [0.15, 0.2) is 18.0 Å². The predicted octanol–water partition coefficient (Wildman–Crippen LogP) is 2.07. The van der Waals surface area contributed by atoms with E-state index >= 15 is 0 Å². The van der Waals surface area contributed by atoms with Crippen molar-refractivity contribution in [2.45, 2.75) is 78.6 Å². The van der Waals surface area contributed by atoms with Crippen LogP contribution in [-0.2, 0) is 41.7 Å². The van der Waals surface area contributed by atoms with Gasteiger partial charge in [-0.15, -0.1) is 0 Å². The van der Waals surface area contributed by atoms with Crippen molar-refractivity contribution in [3.05, 3.63) is 30.1 Å². The van der Waals surface area contributed by atoms with Gasteiger partial charge in [0.05, 0.1) is 23.2 Å². The fourth-order valence-electron chi connectivity index (χ4n) is 3.69. The summed E-state index contributed by atoms with van der Waals surface area (Å²) in [5.74, 6) is -1.93. The molecule has 3 N–H and O–H groups in total. The number of anilines is 1. The molecule has 1 aromatic carbocycles. The Balaban J connectivity index is 1.96. The van der Waals surface area contributed by atoms with Crippen molar-refractivity contribution in [2.24, 2.45) is 0 Å². The summed E-state index contributed by atoms with van der Waals surface area (Å²) in [5.41, 5.74) is 0.553. The molecule has 12 heteroatoms. The van der Waals surface area contributed by atoms with Gasteiger partial charge in [-0.05, 0) is 47.6 Å². The van der Waals surface area contributed by atoms with Crippen molar-refractivity contribution in [3.63, 3.8) is 0 Å².